The van der Waals surface area contributed by atoms with Crippen LogP contribution in [0.25, 0.3) is 5.65 Å². The van der Waals surface area contributed by atoms with Crippen molar-refractivity contribution in [2.75, 3.05) is 0 Å². The van der Waals surface area contributed by atoms with Gasteiger partial charge in [-0.25, -0.2) is 9.97 Å². The molecule has 4 rings (SSSR count). The number of nitrogens with one attached hydrogen (secondary N) is 1. The van der Waals surface area contributed by atoms with E-state index in [9.17, 15) is 4.79 Å². The third kappa shape index (κ3) is 2.96. The van der Waals surface area contributed by atoms with Crippen LogP contribution in [0.1, 0.15) is 73.7 Å². The van der Waals surface area contributed by atoms with Crippen molar-refractivity contribution in [2.24, 2.45) is 0 Å². The maximum absolute atomic E-state index is 13.0. The van der Waals surface area contributed by atoms with Crippen molar-refractivity contribution < 1.29 is 4.79 Å². The summed E-state index contributed by atoms with van der Waals surface area (Å²) in [5.41, 5.74) is 5.94. The molecule has 5 heteroatoms. The normalized spacial score (nSPS) is 19.9. The van der Waals surface area contributed by atoms with Gasteiger partial charge in [-0.1, -0.05) is 26.0 Å². The molecule has 2 aliphatic carbocycles. The van der Waals surface area contributed by atoms with Crippen molar-refractivity contribution in [3.8, 4) is 0 Å². The Kier molecular flexibility index (Phi) is 4.39. The second-order valence-corrected chi connectivity index (χ2v) is 7.67. The zero-order valence-electron chi connectivity index (χ0n) is 15.7. The van der Waals surface area contributed by atoms with Gasteiger partial charge in [0.25, 0.3) is 5.91 Å². The first kappa shape index (κ1) is 17.0. The second kappa shape index (κ2) is 6.71. The summed E-state index contributed by atoms with van der Waals surface area (Å²) < 4.78 is 1.95. The number of rotatable bonds is 3. The van der Waals surface area contributed by atoms with Gasteiger partial charge < -0.3 is 5.32 Å². The summed E-state index contributed by atoms with van der Waals surface area (Å²) >= 11 is 0. The maximum atomic E-state index is 13.0. The van der Waals surface area contributed by atoms with Crippen LogP contribution in [0.5, 0.6) is 0 Å². The molecule has 0 fully saturated rings. The lowest BCUT2D eigenvalue weighted by Crippen LogP contribution is -2.38. The molecule has 0 saturated heterocycles. The number of hydrogen-bond donors (Lipinski definition) is 1. The first-order valence-corrected chi connectivity index (χ1v) is 9.58. The van der Waals surface area contributed by atoms with Gasteiger partial charge in [0.05, 0.1) is 6.04 Å². The van der Waals surface area contributed by atoms with Crippen LogP contribution < -0.4 is 5.32 Å². The molecule has 2 aromatic rings. The highest BCUT2D eigenvalue weighted by molar-refractivity contribution is 5.98. The molecule has 5 nitrogen and oxygen atoms in total. The minimum atomic E-state index is -0.117. The Morgan fingerprint density at radius 3 is 3.00 bits per heavy atom. The van der Waals surface area contributed by atoms with E-state index in [4.69, 9.17) is 0 Å². The molecule has 0 aliphatic heterocycles. The average molecular weight is 350 g/mol. The summed E-state index contributed by atoms with van der Waals surface area (Å²) in [6, 6.07) is 2.19. The maximum Gasteiger partial charge on any atom is 0.274 e. The molecule has 0 bridgehead atoms. The average Bonchev–Trinajstić information content (AvgIpc) is 3.05. The van der Waals surface area contributed by atoms with Gasteiger partial charge in [-0.05, 0) is 62.2 Å². The van der Waals surface area contributed by atoms with Crippen LogP contribution >= 0.6 is 0 Å². The predicted molar refractivity (Wildman–Crippen MR) is 102 cm³/mol. The molecule has 1 amide bonds. The number of fused-ring (bicyclic) bond motifs is 1. The largest absolute Gasteiger partial charge is 0.344 e. The lowest BCUT2D eigenvalue weighted by atomic mass is 9.82. The van der Waals surface area contributed by atoms with E-state index in [1.54, 1.807) is 6.33 Å². The van der Waals surface area contributed by atoms with E-state index >= 15 is 0 Å². The summed E-state index contributed by atoms with van der Waals surface area (Å²) in [7, 11) is 0. The fourth-order valence-corrected chi connectivity index (χ4v) is 4.16. The third-order valence-corrected chi connectivity index (χ3v) is 5.44. The monoisotopic (exact) mass is 350 g/mol. The number of imidazole rings is 1. The van der Waals surface area contributed by atoms with Crippen molar-refractivity contribution >= 4 is 11.6 Å². The lowest BCUT2D eigenvalue weighted by molar-refractivity contribution is 0.0936. The van der Waals surface area contributed by atoms with E-state index in [1.165, 1.54) is 11.1 Å². The molecule has 0 spiro atoms. The summed E-state index contributed by atoms with van der Waals surface area (Å²) in [6.45, 7) is 6.24. The van der Waals surface area contributed by atoms with Gasteiger partial charge in [0.1, 0.15) is 6.33 Å². The summed E-state index contributed by atoms with van der Waals surface area (Å²) in [5, 5.41) is 3.23. The van der Waals surface area contributed by atoms with E-state index < -0.39 is 0 Å². The standard InChI is InChI=1S/C21H26N4O/c1-13(2)18-11-14(3)23-20-19(22-12-25(18)20)21(26)24-17-10-6-8-15-7-4-5-9-16(15)17/h4,7,11-13,17H,5-6,8-10H2,1-3H3,(H,24,26)/t17-/m0/s1. The Morgan fingerprint density at radius 1 is 1.35 bits per heavy atom. The van der Waals surface area contributed by atoms with Crippen LogP contribution in [-0.2, 0) is 0 Å². The SMILES string of the molecule is Cc1cc(C(C)C)n2cnc(C(=O)N[C@H]3CCCC4=C3CCC=C4)c2n1. The molecule has 1 atom stereocenters. The van der Waals surface area contributed by atoms with Gasteiger partial charge in [-0.15, -0.1) is 0 Å². The van der Waals surface area contributed by atoms with Crippen LogP contribution in [0.3, 0.4) is 0 Å². The Hall–Kier alpha value is -2.43. The number of amides is 1. The number of hydrogen-bond acceptors (Lipinski definition) is 3. The molecule has 0 unspecified atom stereocenters. The van der Waals surface area contributed by atoms with Crippen molar-refractivity contribution in [1.29, 1.82) is 0 Å². The second-order valence-electron chi connectivity index (χ2n) is 7.67. The lowest BCUT2D eigenvalue weighted by Gasteiger charge is -2.30. The van der Waals surface area contributed by atoms with Gasteiger partial charge >= 0.3 is 0 Å². The van der Waals surface area contributed by atoms with Gasteiger partial charge in [0.15, 0.2) is 11.3 Å². The van der Waals surface area contributed by atoms with Crippen LogP contribution in [0.2, 0.25) is 0 Å². The van der Waals surface area contributed by atoms with Crippen molar-refractivity contribution in [2.45, 2.75) is 64.8 Å². The Morgan fingerprint density at radius 2 is 2.19 bits per heavy atom. The first-order chi connectivity index (χ1) is 12.5. The van der Waals surface area contributed by atoms with Crippen molar-refractivity contribution in [3.63, 3.8) is 0 Å². The number of carbonyl (C=O) groups excluding carboxylic acids is 1. The van der Waals surface area contributed by atoms with E-state index in [2.05, 4.69) is 47.4 Å². The number of allylic oxidation sites excluding steroid dienone is 3. The van der Waals surface area contributed by atoms with Crippen LogP contribution in [0, 0.1) is 6.92 Å². The highest BCUT2D eigenvalue weighted by Gasteiger charge is 2.26. The topological polar surface area (TPSA) is 59.3 Å². The Balaban J connectivity index is 1.66. The zero-order chi connectivity index (χ0) is 18.3. The van der Waals surface area contributed by atoms with Crippen LogP contribution in [0.15, 0.2) is 35.7 Å². The Labute approximate surface area is 154 Å². The number of nitrogens with zero attached hydrogens (tertiary/aromatic N) is 3. The van der Waals surface area contributed by atoms with Gasteiger partial charge in [-0.3, -0.25) is 9.20 Å². The molecular weight excluding hydrogens is 324 g/mol. The Bertz CT molecular complexity index is 919. The van der Waals surface area contributed by atoms with E-state index in [-0.39, 0.29) is 11.9 Å². The van der Waals surface area contributed by atoms with Crippen molar-refractivity contribution in [3.05, 3.63) is 52.8 Å². The summed E-state index contributed by atoms with van der Waals surface area (Å²) in [4.78, 5) is 22.0. The molecule has 136 valence electrons. The number of carbonyl (C=O) groups is 1. The zero-order valence-corrected chi connectivity index (χ0v) is 15.7. The molecule has 1 N–H and O–H groups in total. The van der Waals surface area contributed by atoms with E-state index in [0.717, 1.165) is 43.5 Å². The fourth-order valence-electron chi connectivity index (χ4n) is 4.16. The molecule has 2 aliphatic rings. The quantitative estimate of drug-likeness (QED) is 0.907. The third-order valence-electron chi connectivity index (χ3n) is 5.44. The summed E-state index contributed by atoms with van der Waals surface area (Å²) in [6.07, 6.45) is 11.6. The van der Waals surface area contributed by atoms with Crippen molar-refractivity contribution in [1.82, 2.24) is 19.7 Å². The number of aryl methyl sites for hydroxylation is 1. The molecular formula is C21H26N4O. The van der Waals surface area contributed by atoms with Crippen LogP contribution in [0.4, 0.5) is 0 Å². The van der Waals surface area contributed by atoms with E-state index in [0.29, 0.717) is 17.3 Å². The highest BCUT2D eigenvalue weighted by Crippen LogP contribution is 2.32. The van der Waals surface area contributed by atoms with E-state index in [1.807, 2.05) is 11.3 Å². The van der Waals surface area contributed by atoms with Gasteiger partial charge in [-0.2, -0.15) is 0 Å². The summed E-state index contributed by atoms with van der Waals surface area (Å²) in [5.74, 6) is 0.220. The molecule has 26 heavy (non-hydrogen) atoms. The minimum absolute atomic E-state index is 0.117. The van der Waals surface area contributed by atoms with Gasteiger partial charge in [0.2, 0.25) is 0 Å². The molecule has 0 aromatic carbocycles. The minimum Gasteiger partial charge on any atom is -0.344 e. The van der Waals surface area contributed by atoms with Gasteiger partial charge in [0, 0.05) is 11.4 Å². The fraction of sp³-hybridized carbons (Fsp3) is 0.476. The molecule has 0 saturated carbocycles. The smallest absolute Gasteiger partial charge is 0.274 e. The first-order valence-electron chi connectivity index (χ1n) is 9.58. The van der Waals surface area contributed by atoms with Crippen LogP contribution in [-0.4, -0.2) is 26.3 Å². The molecule has 0 radical (unpaired) electrons. The highest BCUT2D eigenvalue weighted by atomic mass is 16.2. The molecule has 2 heterocycles. The molecule has 2 aromatic heterocycles. The predicted octanol–water partition coefficient (Wildman–Crippen LogP) is 4.09. The number of aromatic nitrogens is 3.